The van der Waals surface area contributed by atoms with Crippen molar-refractivity contribution in [1.29, 1.82) is 5.26 Å². The minimum absolute atomic E-state index is 0.00322. The summed E-state index contributed by atoms with van der Waals surface area (Å²) in [5.74, 6) is -0.0358. The van der Waals surface area contributed by atoms with Gasteiger partial charge >= 0.3 is 0 Å². The van der Waals surface area contributed by atoms with Gasteiger partial charge in [-0.05, 0) is 11.6 Å². The molecule has 20 heavy (non-hydrogen) atoms. The van der Waals surface area contributed by atoms with Crippen LogP contribution in [0.3, 0.4) is 0 Å². The maximum atomic E-state index is 11.6. The number of amides is 1. The Hall–Kier alpha value is -2.12. The molecule has 0 unspecified atom stereocenters. The first kappa shape index (κ1) is 14.3. The van der Waals surface area contributed by atoms with E-state index < -0.39 is 0 Å². The average Bonchev–Trinajstić information content (AvgIpc) is 2.49. The first-order chi connectivity index (χ1) is 9.79. The Bertz CT molecular complexity index is 496. The fourth-order valence-electron chi connectivity index (χ4n) is 2.38. The Morgan fingerprint density at radius 1 is 1.30 bits per heavy atom. The summed E-state index contributed by atoms with van der Waals surface area (Å²) in [5.41, 5.74) is 1.22. The van der Waals surface area contributed by atoms with Crippen molar-refractivity contribution in [2.75, 3.05) is 32.7 Å². The molecule has 1 saturated heterocycles. The summed E-state index contributed by atoms with van der Waals surface area (Å²) in [5, 5.41) is 8.53. The van der Waals surface area contributed by atoms with E-state index in [1.165, 1.54) is 10.5 Å². The predicted octanol–water partition coefficient (Wildman–Crippen LogP) is 0.341. The molecule has 1 N–H and O–H groups in total. The van der Waals surface area contributed by atoms with Gasteiger partial charge in [0.25, 0.3) is 0 Å². The Morgan fingerprint density at radius 3 is 2.65 bits per heavy atom. The number of carbonyl (C=O) groups is 1. The third-order valence-electron chi connectivity index (χ3n) is 3.57. The molecule has 0 atom stereocenters. The fourth-order valence-corrected chi connectivity index (χ4v) is 2.38. The number of rotatable bonds is 4. The molecule has 4 heteroatoms. The number of benzene rings is 1. The molecule has 1 aliphatic heterocycles. The number of nitrogens with zero attached hydrogens (tertiary/aromatic N) is 2. The summed E-state index contributed by atoms with van der Waals surface area (Å²) in [6.07, 6.45) is 4.33. The number of nitrogens with one attached hydrogen (secondary N) is 1. The number of nitriles is 1. The van der Waals surface area contributed by atoms with Crippen LogP contribution in [0, 0.1) is 11.3 Å². The largest absolute Gasteiger partial charge is 0.331 e. The quantitative estimate of drug-likeness (QED) is 0.858. The second-order valence-corrected chi connectivity index (χ2v) is 4.98. The third-order valence-corrected chi connectivity index (χ3v) is 3.57. The Kier molecular flexibility index (Phi) is 5.33. The van der Waals surface area contributed by atoms with Crippen molar-refractivity contribution in [3.05, 3.63) is 42.0 Å². The Balaban J connectivity index is 1.74. The molecular formula is C16H20N3O+. The van der Waals surface area contributed by atoms with Crippen LogP contribution in [0.1, 0.15) is 12.0 Å². The number of carbonyl (C=O) groups excluding carboxylic acids is 1. The van der Waals surface area contributed by atoms with Crippen LogP contribution in [0.25, 0.3) is 6.08 Å². The number of hydrogen-bond donors (Lipinski definition) is 1. The van der Waals surface area contributed by atoms with Gasteiger partial charge in [-0.15, -0.1) is 0 Å². The van der Waals surface area contributed by atoms with Gasteiger partial charge in [0, 0.05) is 0 Å². The SMILES string of the molecule is N#CCC(=O)N1CC[NH+](CC=Cc2ccccc2)CC1. The van der Waals surface area contributed by atoms with Crippen molar-refractivity contribution in [3.8, 4) is 6.07 Å². The molecule has 1 aromatic carbocycles. The molecule has 1 aliphatic rings. The van der Waals surface area contributed by atoms with E-state index >= 15 is 0 Å². The second-order valence-electron chi connectivity index (χ2n) is 4.98. The first-order valence-electron chi connectivity index (χ1n) is 6.99. The maximum absolute atomic E-state index is 11.6. The zero-order valence-electron chi connectivity index (χ0n) is 11.6. The van der Waals surface area contributed by atoms with Gasteiger partial charge in [0.1, 0.15) is 6.42 Å². The van der Waals surface area contributed by atoms with E-state index in [1.807, 2.05) is 24.3 Å². The highest BCUT2D eigenvalue weighted by Crippen LogP contribution is 2.00. The van der Waals surface area contributed by atoms with E-state index in [2.05, 4.69) is 24.3 Å². The summed E-state index contributed by atoms with van der Waals surface area (Å²) in [6, 6.07) is 12.2. The molecule has 0 radical (unpaired) electrons. The minimum Gasteiger partial charge on any atom is -0.331 e. The number of quaternary nitrogens is 1. The van der Waals surface area contributed by atoms with Crippen LogP contribution < -0.4 is 4.90 Å². The lowest BCUT2D eigenvalue weighted by molar-refractivity contribution is -0.898. The van der Waals surface area contributed by atoms with Crippen LogP contribution in [-0.4, -0.2) is 43.5 Å². The number of piperazine rings is 1. The van der Waals surface area contributed by atoms with E-state index in [1.54, 1.807) is 4.90 Å². The van der Waals surface area contributed by atoms with Crippen molar-refractivity contribution in [2.45, 2.75) is 6.42 Å². The van der Waals surface area contributed by atoms with Gasteiger partial charge in [-0.25, -0.2) is 0 Å². The van der Waals surface area contributed by atoms with E-state index in [-0.39, 0.29) is 12.3 Å². The van der Waals surface area contributed by atoms with Crippen LogP contribution in [0.5, 0.6) is 0 Å². The highest BCUT2D eigenvalue weighted by molar-refractivity contribution is 5.78. The second kappa shape index (κ2) is 7.46. The summed E-state index contributed by atoms with van der Waals surface area (Å²) >= 11 is 0. The van der Waals surface area contributed by atoms with Gasteiger partial charge in [0.2, 0.25) is 5.91 Å². The fraction of sp³-hybridized carbons (Fsp3) is 0.375. The molecule has 0 aliphatic carbocycles. The van der Waals surface area contributed by atoms with Crippen molar-refractivity contribution >= 4 is 12.0 Å². The van der Waals surface area contributed by atoms with Crippen molar-refractivity contribution < 1.29 is 9.69 Å². The van der Waals surface area contributed by atoms with E-state index in [0.717, 1.165) is 32.7 Å². The summed E-state index contributed by atoms with van der Waals surface area (Å²) in [4.78, 5) is 14.9. The predicted molar refractivity (Wildman–Crippen MR) is 77.8 cm³/mol. The monoisotopic (exact) mass is 270 g/mol. The Labute approximate surface area is 119 Å². The van der Waals surface area contributed by atoms with E-state index in [9.17, 15) is 4.79 Å². The molecule has 1 aromatic rings. The first-order valence-corrected chi connectivity index (χ1v) is 6.99. The molecule has 1 heterocycles. The highest BCUT2D eigenvalue weighted by Gasteiger charge is 2.22. The molecule has 0 bridgehead atoms. The zero-order chi connectivity index (χ0) is 14.2. The van der Waals surface area contributed by atoms with Crippen LogP contribution >= 0.6 is 0 Å². The maximum Gasteiger partial charge on any atom is 0.237 e. The molecule has 0 saturated carbocycles. The molecule has 0 spiro atoms. The van der Waals surface area contributed by atoms with Gasteiger partial charge in [-0.1, -0.05) is 36.4 Å². The highest BCUT2D eigenvalue weighted by atomic mass is 16.2. The molecule has 2 rings (SSSR count). The lowest BCUT2D eigenvalue weighted by Gasteiger charge is -2.31. The summed E-state index contributed by atoms with van der Waals surface area (Å²) < 4.78 is 0. The van der Waals surface area contributed by atoms with Crippen molar-refractivity contribution in [1.82, 2.24) is 4.90 Å². The zero-order valence-corrected chi connectivity index (χ0v) is 11.6. The molecule has 1 amide bonds. The number of hydrogen-bond acceptors (Lipinski definition) is 2. The minimum atomic E-state index is -0.0358. The lowest BCUT2D eigenvalue weighted by Crippen LogP contribution is -3.14. The van der Waals surface area contributed by atoms with Crippen LogP contribution in [0.15, 0.2) is 36.4 Å². The van der Waals surface area contributed by atoms with Crippen LogP contribution in [0.2, 0.25) is 0 Å². The summed E-state index contributed by atoms with van der Waals surface area (Å²) in [6.45, 7) is 4.41. The van der Waals surface area contributed by atoms with Gasteiger partial charge in [0.15, 0.2) is 0 Å². The van der Waals surface area contributed by atoms with Gasteiger partial charge in [0.05, 0.1) is 38.8 Å². The Morgan fingerprint density at radius 2 is 2.00 bits per heavy atom. The van der Waals surface area contributed by atoms with Gasteiger partial charge in [-0.3, -0.25) is 4.79 Å². The van der Waals surface area contributed by atoms with Crippen molar-refractivity contribution in [3.63, 3.8) is 0 Å². The average molecular weight is 270 g/mol. The van der Waals surface area contributed by atoms with Gasteiger partial charge < -0.3 is 9.80 Å². The van der Waals surface area contributed by atoms with E-state index in [0.29, 0.717) is 0 Å². The normalized spacial score (nSPS) is 16.2. The molecule has 1 fully saturated rings. The standard InChI is InChI=1S/C16H19N3O/c17-9-8-16(20)19-13-11-18(12-14-19)10-4-7-15-5-2-1-3-6-15/h1-7H,8,10-14H2/p+1. The van der Waals surface area contributed by atoms with E-state index in [4.69, 9.17) is 5.26 Å². The molecule has 4 nitrogen and oxygen atoms in total. The lowest BCUT2D eigenvalue weighted by atomic mass is 10.2. The third kappa shape index (κ3) is 4.22. The van der Waals surface area contributed by atoms with Crippen LogP contribution in [0.4, 0.5) is 0 Å². The molecule has 104 valence electrons. The summed E-state index contributed by atoms with van der Waals surface area (Å²) in [7, 11) is 0. The van der Waals surface area contributed by atoms with Crippen LogP contribution in [-0.2, 0) is 4.79 Å². The molecule has 0 aromatic heterocycles. The van der Waals surface area contributed by atoms with Crippen molar-refractivity contribution in [2.24, 2.45) is 0 Å². The topological polar surface area (TPSA) is 48.5 Å². The smallest absolute Gasteiger partial charge is 0.237 e. The van der Waals surface area contributed by atoms with Gasteiger partial charge in [-0.2, -0.15) is 5.26 Å². The molecular weight excluding hydrogens is 250 g/mol.